The van der Waals surface area contributed by atoms with Gasteiger partial charge in [0, 0.05) is 17.4 Å². The van der Waals surface area contributed by atoms with Crippen LogP contribution in [-0.2, 0) is 10.0 Å². The summed E-state index contributed by atoms with van der Waals surface area (Å²) in [5, 5.41) is 0. The lowest BCUT2D eigenvalue weighted by atomic mass is 10.1. The molecule has 176 valence electrons. The highest BCUT2D eigenvalue weighted by Gasteiger charge is 2.20. The van der Waals surface area contributed by atoms with E-state index in [0.717, 1.165) is 17.0 Å². The Morgan fingerprint density at radius 1 is 0.882 bits per heavy atom. The normalized spacial score (nSPS) is 11.5. The molecule has 0 saturated carbocycles. The molecule has 4 rings (SSSR count). The summed E-state index contributed by atoms with van der Waals surface area (Å²) in [6, 6.07) is 12.2. The molecule has 34 heavy (non-hydrogen) atoms. The van der Waals surface area contributed by atoms with Gasteiger partial charge >= 0.3 is 0 Å². The highest BCUT2D eigenvalue weighted by atomic mass is 32.2. The van der Waals surface area contributed by atoms with Gasteiger partial charge in [-0.25, -0.2) is 18.4 Å². The van der Waals surface area contributed by atoms with E-state index in [1.807, 2.05) is 37.5 Å². The molecule has 2 aromatic heterocycles. The molecule has 4 aromatic rings. The smallest absolute Gasteiger partial charge is 0.262 e. The summed E-state index contributed by atoms with van der Waals surface area (Å²) in [5.41, 5.74) is 4.80. The van der Waals surface area contributed by atoms with Gasteiger partial charge in [0.05, 0.1) is 10.6 Å². The average molecular weight is 478 g/mol. The Kier molecular flexibility index (Phi) is 6.14. The van der Waals surface area contributed by atoms with Crippen molar-refractivity contribution in [1.29, 1.82) is 0 Å². The summed E-state index contributed by atoms with van der Waals surface area (Å²) >= 11 is 0. The number of nitrogens with zero attached hydrogens (tertiary/aromatic N) is 4. The van der Waals surface area contributed by atoms with E-state index >= 15 is 0 Å². The highest BCUT2D eigenvalue weighted by molar-refractivity contribution is 7.92. The van der Waals surface area contributed by atoms with Crippen molar-refractivity contribution >= 4 is 15.7 Å². The van der Waals surface area contributed by atoms with Crippen LogP contribution in [-0.4, -0.2) is 27.9 Å². The van der Waals surface area contributed by atoms with Crippen molar-refractivity contribution < 1.29 is 13.2 Å². The zero-order valence-electron chi connectivity index (χ0n) is 20.0. The van der Waals surface area contributed by atoms with Crippen LogP contribution in [0.3, 0.4) is 0 Å². The van der Waals surface area contributed by atoms with Gasteiger partial charge in [-0.2, -0.15) is 4.98 Å². The number of rotatable bonds is 6. The lowest BCUT2D eigenvalue weighted by Crippen LogP contribution is -2.15. The maximum atomic E-state index is 13.0. The number of ether oxygens (including phenoxy) is 1. The van der Waals surface area contributed by atoms with Crippen LogP contribution in [0.25, 0.3) is 5.82 Å². The first-order valence-corrected chi connectivity index (χ1v) is 12.3. The Bertz CT molecular complexity index is 1450. The van der Waals surface area contributed by atoms with Crippen molar-refractivity contribution in [3.8, 4) is 17.4 Å². The number of benzene rings is 2. The van der Waals surface area contributed by atoms with Crippen LogP contribution < -0.4 is 9.46 Å². The van der Waals surface area contributed by atoms with E-state index in [9.17, 15) is 8.42 Å². The second kappa shape index (κ2) is 8.90. The number of anilines is 1. The van der Waals surface area contributed by atoms with Gasteiger partial charge in [-0.1, -0.05) is 17.7 Å². The molecule has 0 amide bonds. The van der Waals surface area contributed by atoms with Gasteiger partial charge in [0.1, 0.15) is 23.7 Å². The minimum atomic E-state index is -3.73. The van der Waals surface area contributed by atoms with Gasteiger partial charge in [0.25, 0.3) is 10.0 Å². The number of sulfonamides is 1. The van der Waals surface area contributed by atoms with Crippen molar-refractivity contribution in [1.82, 2.24) is 19.5 Å². The predicted octanol–water partition coefficient (Wildman–Crippen LogP) is 5.11. The molecule has 0 bridgehead atoms. The molecule has 9 heteroatoms. The Morgan fingerprint density at radius 3 is 2.12 bits per heavy atom. The molecule has 0 aliphatic heterocycles. The fourth-order valence-electron chi connectivity index (χ4n) is 3.94. The number of imidazole rings is 1. The minimum Gasteiger partial charge on any atom is -0.439 e. The maximum Gasteiger partial charge on any atom is 0.262 e. The molecule has 0 saturated heterocycles. The van der Waals surface area contributed by atoms with Crippen molar-refractivity contribution in [3.05, 3.63) is 82.7 Å². The minimum absolute atomic E-state index is 0.299. The van der Waals surface area contributed by atoms with Crippen molar-refractivity contribution in [2.24, 2.45) is 0 Å². The first-order valence-electron chi connectivity index (χ1n) is 10.8. The monoisotopic (exact) mass is 477 g/mol. The second-order valence-corrected chi connectivity index (χ2v) is 9.98. The third kappa shape index (κ3) is 4.79. The van der Waals surface area contributed by atoms with E-state index < -0.39 is 10.0 Å². The lowest BCUT2D eigenvalue weighted by Gasteiger charge is -2.14. The van der Waals surface area contributed by atoms with Crippen LogP contribution in [0.1, 0.15) is 33.9 Å². The SMILES string of the molecule is Cc1cc(C)c(S(=O)(=O)Nc2ccc(Oc3cc(-n4cnc(C)c4C)nc(C)n3)cc2)c(C)c1. The van der Waals surface area contributed by atoms with Gasteiger partial charge < -0.3 is 4.74 Å². The Hall–Kier alpha value is -3.72. The quantitative estimate of drug-likeness (QED) is 0.414. The molecule has 0 aliphatic carbocycles. The van der Waals surface area contributed by atoms with Crippen LogP contribution in [0, 0.1) is 41.5 Å². The summed E-state index contributed by atoms with van der Waals surface area (Å²) in [6.45, 7) is 11.3. The second-order valence-electron chi connectivity index (χ2n) is 8.36. The molecule has 2 aromatic carbocycles. The summed E-state index contributed by atoms with van der Waals surface area (Å²) < 4.78 is 36.5. The lowest BCUT2D eigenvalue weighted by molar-refractivity contribution is 0.459. The third-order valence-electron chi connectivity index (χ3n) is 5.50. The zero-order chi connectivity index (χ0) is 24.6. The van der Waals surface area contributed by atoms with Gasteiger partial charge in [0.15, 0.2) is 0 Å². The van der Waals surface area contributed by atoms with E-state index in [1.54, 1.807) is 57.4 Å². The largest absolute Gasteiger partial charge is 0.439 e. The highest BCUT2D eigenvalue weighted by Crippen LogP contribution is 2.27. The third-order valence-corrected chi connectivity index (χ3v) is 7.19. The van der Waals surface area contributed by atoms with E-state index in [-0.39, 0.29) is 0 Å². The molecule has 0 spiro atoms. The first kappa shape index (κ1) is 23.4. The van der Waals surface area contributed by atoms with Crippen LogP contribution in [0.2, 0.25) is 0 Å². The summed E-state index contributed by atoms with van der Waals surface area (Å²) in [6.07, 6.45) is 1.72. The number of aromatic nitrogens is 4. The molecule has 0 fully saturated rings. The molecule has 0 aliphatic rings. The maximum absolute atomic E-state index is 13.0. The number of hydrogen-bond acceptors (Lipinski definition) is 6. The Morgan fingerprint density at radius 2 is 1.53 bits per heavy atom. The van der Waals surface area contributed by atoms with Crippen molar-refractivity contribution in [3.63, 3.8) is 0 Å². The first-order chi connectivity index (χ1) is 16.0. The Labute approximate surface area is 199 Å². The van der Waals surface area contributed by atoms with Crippen LogP contribution in [0.15, 0.2) is 53.7 Å². The molecular formula is C25H27N5O3S. The number of hydrogen-bond donors (Lipinski definition) is 1. The summed E-state index contributed by atoms with van der Waals surface area (Å²) in [4.78, 5) is 13.5. The number of nitrogens with one attached hydrogen (secondary N) is 1. The molecular weight excluding hydrogens is 450 g/mol. The van der Waals surface area contributed by atoms with Crippen molar-refractivity contribution in [2.45, 2.75) is 46.4 Å². The molecule has 0 atom stereocenters. The zero-order valence-corrected chi connectivity index (χ0v) is 20.9. The molecule has 8 nitrogen and oxygen atoms in total. The Balaban J connectivity index is 1.55. The van der Waals surface area contributed by atoms with E-state index in [4.69, 9.17) is 4.74 Å². The fourth-order valence-corrected chi connectivity index (χ4v) is 5.45. The number of aryl methyl sites for hydroxylation is 5. The molecule has 2 heterocycles. The van der Waals surface area contributed by atoms with Crippen molar-refractivity contribution in [2.75, 3.05) is 4.72 Å². The molecule has 0 unspecified atom stereocenters. The van der Waals surface area contributed by atoms with E-state index in [0.29, 0.717) is 45.0 Å². The topological polar surface area (TPSA) is 99.0 Å². The van der Waals surface area contributed by atoms with Crippen LogP contribution in [0.5, 0.6) is 11.6 Å². The van der Waals surface area contributed by atoms with E-state index in [2.05, 4.69) is 19.7 Å². The average Bonchev–Trinajstić information content (AvgIpc) is 3.06. The summed E-state index contributed by atoms with van der Waals surface area (Å²) in [5.74, 6) is 2.13. The fraction of sp³-hybridized carbons (Fsp3) is 0.240. The summed E-state index contributed by atoms with van der Waals surface area (Å²) in [7, 11) is -3.73. The van der Waals surface area contributed by atoms with Gasteiger partial charge in [-0.15, -0.1) is 0 Å². The van der Waals surface area contributed by atoms with Crippen LogP contribution >= 0.6 is 0 Å². The molecule has 0 radical (unpaired) electrons. The van der Waals surface area contributed by atoms with Crippen LogP contribution in [0.4, 0.5) is 5.69 Å². The van der Waals surface area contributed by atoms with Gasteiger partial charge in [-0.05, 0) is 76.9 Å². The molecule has 1 N–H and O–H groups in total. The van der Waals surface area contributed by atoms with Gasteiger partial charge in [0.2, 0.25) is 5.88 Å². The van der Waals surface area contributed by atoms with Gasteiger partial charge in [-0.3, -0.25) is 9.29 Å². The standard InChI is InChI=1S/C25H27N5O3S/c1-15-11-16(2)25(17(3)12-15)34(31,32)29-21-7-9-22(10-8-21)33-24-13-23(27-20(6)28-24)30-14-26-18(4)19(30)5/h7-14,29H,1-6H3. The van der Waals surface area contributed by atoms with E-state index in [1.165, 1.54) is 0 Å². The predicted molar refractivity (Wildman–Crippen MR) is 131 cm³/mol.